The van der Waals surface area contributed by atoms with E-state index in [4.69, 9.17) is 4.74 Å². The van der Waals surface area contributed by atoms with Crippen molar-refractivity contribution in [3.63, 3.8) is 0 Å². The number of hydrogen-bond acceptors (Lipinski definition) is 3. The summed E-state index contributed by atoms with van der Waals surface area (Å²) in [5.41, 5.74) is 1.53. The molecule has 152 valence electrons. The number of nitrogens with zero attached hydrogens (tertiary/aromatic N) is 2. The van der Waals surface area contributed by atoms with Gasteiger partial charge in [0.2, 0.25) is 5.91 Å². The Morgan fingerprint density at radius 1 is 1.18 bits per heavy atom. The minimum atomic E-state index is -0.382. The van der Waals surface area contributed by atoms with E-state index in [1.165, 1.54) is 19.3 Å². The van der Waals surface area contributed by atoms with Crippen molar-refractivity contribution in [1.82, 2.24) is 9.80 Å². The van der Waals surface area contributed by atoms with Crippen molar-refractivity contribution in [3.05, 3.63) is 35.4 Å². The Hall–Kier alpha value is -1.88. The molecule has 0 bridgehead atoms. The number of rotatable bonds is 4. The molecule has 0 aromatic heterocycles. The Balaban J connectivity index is 1.37. The molecule has 0 N–H and O–H groups in total. The molecule has 0 radical (unpaired) electrons. The summed E-state index contributed by atoms with van der Waals surface area (Å²) in [6.45, 7) is 5.63. The zero-order chi connectivity index (χ0) is 19.6. The van der Waals surface area contributed by atoms with Crippen molar-refractivity contribution in [1.29, 1.82) is 0 Å². The average molecular weight is 385 g/mol. The summed E-state index contributed by atoms with van der Waals surface area (Å²) in [6, 6.07) is 7.88. The van der Waals surface area contributed by atoms with Crippen molar-refractivity contribution in [2.75, 3.05) is 32.8 Å². The second-order valence-electron chi connectivity index (χ2n) is 8.65. The molecule has 2 aliphatic heterocycles. The number of hydrogen-bond donors (Lipinski definition) is 0. The highest BCUT2D eigenvalue weighted by Gasteiger charge is 2.42. The maximum atomic E-state index is 13.0. The molecule has 28 heavy (non-hydrogen) atoms. The summed E-state index contributed by atoms with van der Waals surface area (Å²) in [5.74, 6) is 1.04. The first-order chi connectivity index (χ1) is 13.6. The lowest BCUT2D eigenvalue weighted by Crippen LogP contribution is -2.49. The Kier molecular flexibility index (Phi) is 5.72. The van der Waals surface area contributed by atoms with Gasteiger partial charge in [-0.3, -0.25) is 9.59 Å². The number of carbonyl (C=O) groups excluding carboxylic acids is 2. The number of aryl methyl sites for hydroxylation is 1. The van der Waals surface area contributed by atoms with Crippen molar-refractivity contribution in [3.8, 4) is 0 Å². The summed E-state index contributed by atoms with van der Waals surface area (Å²) >= 11 is 0. The molecule has 1 aromatic carbocycles. The molecular formula is C23H32N2O3. The van der Waals surface area contributed by atoms with E-state index in [-0.39, 0.29) is 17.4 Å². The average Bonchev–Trinajstić information content (AvgIpc) is 2.83. The monoisotopic (exact) mass is 384 g/mol. The van der Waals surface area contributed by atoms with Crippen LogP contribution in [0.2, 0.25) is 0 Å². The Morgan fingerprint density at radius 3 is 2.61 bits per heavy atom. The number of piperidine rings is 1. The Morgan fingerprint density at radius 2 is 1.93 bits per heavy atom. The summed E-state index contributed by atoms with van der Waals surface area (Å²) in [5, 5.41) is 0. The van der Waals surface area contributed by atoms with Crippen LogP contribution in [-0.2, 0) is 16.0 Å². The highest BCUT2D eigenvalue weighted by Crippen LogP contribution is 2.34. The molecule has 0 atom stereocenters. The van der Waals surface area contributed by atoms with Gasteiger partial charge in [0, 0.05) is 31.7 Å². The van der Waals surface area contributed by atoms with Crippen molar-refractivity contribution in [2.45, 2.75) is 57.5 Å². The lowest BCUT2D eigenvalue weighted by atomic mass is 9.84. The minimum absolute atomic E-state index is 0.110. The van der Waals surface area contributed by atoms with Crippen LogP contribution in [0.15, 0.2) is 24.3 Å². The maximum Gasteiger partial charge on any atom is 0.254 e. The van der Waals surface area contributed by atoms with Crippen LogP contribution in [0.4, 0.5) is 0 Å². The molecule has 5 nitrogen and oxygen atoms in total. The fourth-order valence-corrected chi connectivity index (χ4v) is 4.76. The molecule has 1 aliphatic carbocycles. The minimum Gasteiger partial charge on any atom is -0.372 e. The van der Waals surface area contributed by atoms with Gasteiger partial charge < -0.3 is 14.5 Å². The normalized spacial score (nSPS) is 22.8. The summed E-state index contributed by atoms with van der Waals surface area (Å²) in [7, 11) is 0. The summed E-state index contributed by atoms with van der Waals surface area (Å²) in [4.78, 5) is 29.8. The standard InChI is InChI=1S/C23H32N2O3/c1-2-19-8-3-4-9-20(19)22(27)24-12-10-23(11-13-24)16-21(26)25(14-15-28-23)17-18-6-5-7-18/h3-4,8-9,18H,2,5-7,10-17H2,1H3. The third kappa shape index (κ3) is 3.95. The van der Waals surface area contributed by atoms with Crippen LogP contribution >= 0.6 is 0 Å². The first-order valence-corrected chi connectivity index (χ1v) is 10.9. The molecule has 2 amide bonds. The van der Waals surface area contributed by atoms with Gasteiger partial charge in [-0.1, -0.05) is 31.5 Å². The van der Waals surface area contributed by atoms with Crippen molar-refractivity contribution in [2.24, 2.45) is 5.92 Å². The first-order valence-electron chi connectivity index (χ1n) is 10.9. The third-order valence-electron chi connectivity index (χ3n) is 6.89. The molecular weight excluding hydrogens is 352 g/mol. The number of ether oxygens (including phenoxy) is 1. The van der Waals surface area contributed by atoms with Crippen LogP contribution in [0, 0.1) is 5.92 Å². The predicted molar refractivity (Wildman–Crippen MR) is 108 cm³/mol. The summed E-state index contributed by atoms with van der Waals surface area (Å²) < 4.78 is 6.24. The van der Waals surface area contributed by atoms with E-state index in [1.54, 1.807) is 0 Å². The van der Waals surface area contributed by atoms with Crippen LogP contribution in [0.25, 0.3) is 0 Å². The Labute approximate surface area is 168 Å². The number of carbonyl (C=O) groups is 2. The van der Waals surface area contributed by atoms with Gasteiger partial charge in [0.15, 0.2) is 0 Å². The largest absolute Gasteiger partial charge is 0.372 e. The van der Waals surface area contributed by atoms with Gasteiger partial charge in [0.25, 0.3) is 5.91 Å². The number of benzene rings is 1. The molecule has 1 aromatic rings. The van der Waals surface area contributed by atoms with E-state index >= 15 is 0 Å². The van der Waals surface area contributed by atoms with Gasteiger partial charge >= 0.3 is 0 Å². The first kappa shape index (κ1) is 19.4. The van der Waals surface area contributed by atoms with Crippen LogP contribution in [0.1, 0.15) is 61.4 Å². The molecule has 1 saturated carbocycles. The van der Waals surface area contributed by atoms with E-state index < -0.39 is 0 Å². The zero-order valence-electron chi connectivity index (χ0n) is 17.0. The van der Waals surface area contributed by atoms with Crippen molar-refractivity contribution < 1.29 is 14.3 Å². The second kappa shape index (κ2) is 8.24. The molecule has 3 aliphatic rings. The van der Waals surface area contributed by atoms with E-state index in [0.29, 0.717) is 38.6 Å². The second-order valence-corrected chi connectivity index (χ2v) is 8.65. The quantitative estimate of drug-likeness (QED) is 0.801. The van der Waals surface area contributed by atoms with Crippen molar-refractivity contribution >= 4 is 11.8 Å². The lowest BCUT2D eigenvalue weighted by molar-refractivity contribution is -0.135. The number of amides is 2. The van der Waals surface area contributed by atoms with Crippen LogP contribution < -0.4 is 0 Å². The van der Waals surface area contributed by atoms with Gasteiger partial charge in [0.1, 0.15) is 0 Å². The SMILES string of the molecule is CCc1ccccc1C(=O)N1CCC2(CC1)CC(=O)N(CC1CCC1)CCO2. The van der Waals surface area contributed by atoms with Gasteiger partial charge in [-0.15, -0.1) is 0 Å². The van der Waals surface area contributed by atoms with E-state index in [2.05, 4.69) is 6.92 Å². The zero-order valence-corrected chi connectivity index (χ0v) is 17.0. The molecule has 4 rings (SSSR count). The van der Waals surface area contributed by atoms with Gasteiger partial charge in [-0.05, 0) is 49.7 Å². The Bertz CT molecular complexity index is 720. The fourth-order valence-electron chi connectivity index (χ4n) is 4.76. The third-order valence-corrected chi connectivity index (χ3v) is 6.89. The smallest absolute Gasteiger partial charge is 0.254 e. The van der Waals surface area contributed by atoms with Gasteiger partial charge in [0.05, 0.1) is 18.6 Å². The molecule has 2 saturated heterocycles. The molecule has 2 heterocycles. The van der Waals surface area contributed by atoms with Gasteiger partial charge in [-0.25, -0.2) is 0 Å². The lowest BCUT2D eigenvalue weighted by Gasteiger charge is -2.40. The van der Waals surface area contributed by atoms with Crippen LogP contribution in [0.5, 0.6) is 0 Å². The maximum absolute atomic E-state index is 13.0. The molecule has 3 fully saturated rings. The van der Waals surface area contributed by atoms with Crippen LogP contribution in [-0.4, -0.2) is 60.0 Å². The molecule has 5 heteroatoms. The van der Waals surface area contributed by atoms with E-state index in [9.17, 15) is 9.59 Å². The topological polar surface area (TPSA) is 49.9 Å². The van der Waals surface area contributed by atoms with E-state index in [1.807, 2.05) is 34.1 Å². The highest BCUT2D eigenvalue weighted by molar-refractivity contribution is 5.95. The van der Waals surface area contributed by atoms with Gasteiger partial charge in [-0.2, -0.15) is 0 Å². The predicted octanol–water partition coefficient (Wildman–Crippen LogP) is 3.27. The van der Waals surface area contributed by atoms with Crippen LogP contribution in [0.3, 0.4) is 0 Å². The number of likely N-dealkylation sites (tertiary alicyclic amines) is 1. The fraction of sp³-hybridized carbons (Fsp3) is 0.652. The summed E-state index contributed by atoms with van der Waals surface area (Å²) in [6.07, 6.45) is 6.63. The highest BCUT2D eigenvalue weighted by atomic mass is 16.5. The van der Waals surface area contributed by atoms with E-state index in [0.717, 1.165) is 36.9 Å². The molecule has 1 spiro atoms. The molecule has 0 unspecified atom stereocenters.